The highest BCUT2D eigenvalue weighted by Gasteiger charge is 2.36. The first-order valence-corrected chi connectivity index (χ1v) is 7.68. The van der Waals surface area contributed by atoms with E-state index in [4.69, 9.17) is 20.9 Å². The molecule has 0 radical (unpaired) electrons. The van der Waals surface area contributed by atoms with Gasteiger partial charge in [-0.2, -0.15) is 0 Å². The molecule has 0 aromatic heterocycles. The molecule has 0 aromatic rings. The number of hydrogen-bond donors (Lipinski definition) is 1. The summed E-state index contributed by atoms with van der Waals surface area (Å²) in [7, 11) is 1.32. The molecule has 1 aliphatic heterocycles. The fourth-order valence-electron chi connectivity index (χ4n) is 0.930. The molecule has 0 aliphatic carbocycles. The number of alkyl halides is 1. The Morgan fingerprint density at radius 3 is 3.14 bits per heavy atom. The number of hydrogen-bond acceptors (Lipinski definition) is 5. The van der Waals surface area contributed by atoms with Crippen LogP contribution in [0.25, 0.3) is 0 Å². The lowest BCUT2D eigenvalue weighted by Gasteiger charge is -2.14. The van der Waals surface area contributed by atoms with Gasteiger partial charge in [-0.25, -0.2) is 5.09 Å². The normalized spacial score (nSPS) is 31.7. The van der Waals surface area contributed by atoms with Crippen LogP contribution in [0.3, 0.4) is 0 Å². The molecule has 8 heteroatoms. The zero-order chi connectivity index (χ0) is 10.6. The van der Waals surface area contributed by atoms with Crippen molar-refractivity contribution in [1.82, 2.24) is 5.09 Å². The summed E-state index contributed by atoms with van der Waals surface area (Å²) in [6.45, 7) is -1.79. The van der Waals surface area contributed by atoms with Gasteiger partial charge in [0.15, 0.2) is 0 Å². The molecule has 1 saturated heterocycles. The molecule has 1 unspecified atom stereocenters. The fourth-order valence-corrected chi connectivity index (χ4v) is 3.59. The summed E-state index contributed by atoms with van der Waals surface area (Å²) in [5, 5.41) is 3.52. The van der Waals surface area contributed by atoms with E-state index in [0.29, 0.717) is 11.9 Å². The molecule has 0 aromatic carbocycles. The van der Waals surface area contributed by atoms with Crippen LogP contribution >= 0.6 is 22.6 Å². The zero-order valence-corrected chi connectivity index (χ0v) is 10.9. The minimum atomic E-state index is -2.46. The van der Waals surface area contributed by atoms with Crippen molar-refractivity contribution in [3.63, 3.8) is 0 Å². The third kappa shape index (κ3) is 3.25. The van der Waals surface area contributed by atoms with Crippen LogP contribution in [0.4, 0.5) is 0 Å². The number of carbonyl (C=O) groups excluding carboxylic acids is 1. The van der Waals surface area contributed by atoms with Crippen molar-refractivity contribution in [2.75, 3.05) is 25.7 Å². The number of nitrogens with one attached hydrogen (secondary N) is 1. The highest BCUT2D eigenvalue weighted by atomic mass is 79.9. The topological polar surface area (TPSA) is 56.8 Å². The van der Waals surface area contributed by atoms with Crippen molar-refractivity contribution in [3.05, 3.63) is 0 Å². The second-order valence-electron chi connectivity index (χ2n) is 2.52. The summed E-state index contributed by atoms with van der Waals surface area (Å²) in [5.74, 6) is -0.376. The van der Waals surface area contributed by atoms with Gasteiger partial charge in [0.2, 0.25) is 0 Å². The summed E-state index contributed by atoms with van der Waals surface area (Å²) in [6, 6.07) is -0.499. The molecular weight excluding hydrogens is 293 g/mol. The van der Waals surface area contributed by atoms with Crippen LogP contribution in [-0.2, 0) is 30.4 Å². The lowest BCUT2D eigenvalue weighted by Crippen LogP contribution is -2.32. The Hall–Kier alpha value is 0.480. The van der Waals surface area contributed by atoms with E-state index in [9.17, 15) is 4.79 Å². The van der Waals surface area contributed by atoms with Crippen molar-refractivity contribution in [2.45, 2.75) is 6.04 Å². The zero-order valence-electron chi connectivity index (χ0n) is 7.57. The Balaban J connectivity index is 2.46. The molecule has 5 nitrogen and oxygen atoms in total. The lowest BCUT2D eigenvalue weighted by atomic mass is 10.3. The highest BCUT2D eigenvalue weighted by Crippen LogP contribution is 2.48. The molecule has 0 saturated carbocycles. The number of esters is 1. The number of rotatable bonds is 4. The number of halogens is 1. The summed E-state index contributed by atoms with van der Waals surface area (Å²) in [4.78, 5) is 11.1. The van der Waals surface area contributed by atoms with E-state index < -0.39 is 12.7 Å². The minimum absolute atomic E-state index is 0.215. The van der Waals surface area contributed by atoms with E-state index in [1.165, 1.54) is 7.11 Å². The van der Waals surface area contributed by atoms with Crippen LogP contribution in [0.2, 0.25) is 0 Å². The second-order valence-corrected chi connectivity index (χ2v) is 6.52. The standard InChI is InChI=1S/C6H11BrNO4PS/c1-10-6(9)5-4-12-13(14,8-5)11-3-2-7/h5H,2-4H2,1H3,(H,8,14)/t5-,13?/m0/s1. The molecule has 14 heavy (non-hydrogen) atoms. The molecule has 1 aliphatic rings. The first-order chi connectivity index (χ1) is 6.61. The fraction of sp³-hybridized carbons (Fsp3) is 0.833. The van der Waals surface area contributed by atoms with Crippen molar-refractivity contribution >= 4 is 40.3 Å². The molecule has 0 bridgehead atoms. The molecule has 82 valence electrons. The van der Waals surface area contributed by atoms with Crippen molar-refractivity contribution in [3.8, 4) is 0 Å². The van der Waals surface area contributed by atoms with Crippen molar-refractivity contribution in [2.24, 2.45) is 0 Å². The Bertz CT molecular complexity index is 264. The van der Waals surface area contributed by atoms with Gasteiger partial charge in [0.25, 0.3) is 6.64 Å². The lowest BCUT2D eigenvalue weighted by molar-refractivity contribution is -0.142. The van der Waals surface area contributed by atoms with E-state index in [0.717, 1.165) is 0 Å². The average molecular weight is 304 g/mol. The first kappa shape index (κ1) is 12.5. The maximum atomic E-state index is 11.1. The summed E-state index contributed by atoms with van der Waals surface area (Å²) in [6.07, 6.45) is 0. The first-order valence-electron chi connectivity index (χ1n) is 3.92. The van der Waals surface area contributed by atoms with Crippen molar-refractivity contribution < 1.29 is 18.6 Å². The molecule has 1 rings (SSSR count). The second kappa shape index (κ2) is 5.53. The van der Waals surface area contributed by atoms with Gasteiger partial charge in [0.05, 0.1) is 20.3 Å². The average Bonchev–Trinajstić information content (AvgIpc) is 2.57. The van der Waals surface area contributed by atoms with Gasteiger partial charge in [-0.3, -0.25) is 4.79 Å². The van der Waals surface area contributed by atoms with E-state index >= 15 is 0 Å². The Kier molecular flexibility index (Phi) is 4.96. The van der Waals surface area contributed by atoms with Gasteiger partial charge >= 0.3 is 5.97 Å². The van der Waals surface area contributed by atoms with Crippen molar-refractivity contribution in [1.29, 1.82) is 0 Å². The summed E-state index contributed by atoms with van der Waals surface area (Å²) < 4.78 is 15.1. The van der Waals surface area contributed by atoms with E-state index in [1.54, 1.807) is 0 Å². The summed E-state index contributed by atoms with van der Waals surface area (Å²) in [5.41, 5.74) is 0. The van der Waals surface area contributed by atoms with Crippen LogP contribution in [0.15, 0.2) is 0 Å². The predicted molar refractivity (Wildman–Crippen MR) is 58.9 cm³/mol. The molecule has 1 fully saturated rings. The minimum Gasteiger partial charge on any atom is -0.468 e. The van der Waals surface area contributed by atoms with Crippen LogP contribution in [0.1, 0.15) is 0 Å². The Morgan fingerprint density at radius 2 is 2.57 bits per heavy atom. The van der Waals surface area contributed by atoms with Crippen LogP contribution in [0.5, 0.6) is 0 Å². The smallest absolute Gasteiger partial charge is 0.325 e. The highest BCUT2D eigenvalue weighted by molar-refractivity contribution is 9.09. The van der Waals surface area contributed by atoms with Gasteiger partial charge in [0, 0.05) is 5.33 Å². The molecular formula is C6H11BrNO4PS. The maximum Gasteiger partial charge on any atom is 0.325 e. The maximum absolute atomic E-state index is 11.1. The van der Waals surface area contributed by atoms with E-state index in [-0.39, 0.29) is 12.6 Å². The number of carbonyl (C=O) groups is 1. The monoisotopic (exact) mass is 303 g/mol. The third-order valence-corrected chi connectivity index (χ3v) is 4.46. The van der Waals surface area contributed by atoms with E-state index in [1.807, 2.05) is 0 Å². The summed E-state index contributed by atoms with van der Waals surface area (Å²) >= 11 is 8.31. The van der Waals surface area contributed by atoms with Gasteiger partial charge in [-0.15, -0.1) is 0 Å². The quantitative estimate of drug-likeness (QED) is 0.471. The van der Waals surface area contributed by atoms with E-state index in [2.05, 4.69) is 25.8 Å². The Labute approximate surface area is 95.8 Å². The van der Waals surface area contributed by atoms with Gasteiger partial charge < -0.3 is 13.8 Å². The molecule has 1 heterocycles. The van der Waals surface area contributed by atoms with Crippen LogP contribution < -0.4 is 5.09 Å². The van der Waals surface area contributed by atoms with Crippen LogP contribution in [-0.4, -0.2) is 37.7 Å². The van der Waals surface area contributed by atoms with Gasteiger partial charge in [-0.05, 0) is 11.8 Å². The predicted octanol–water partition coefficient (Wildman–Crippen LogP) is 0.784. The molecule has 0 amide bonds. The van der Waals surface area contributed by atoms with Gasteiger partial charge in [-0.1, -0.05) is 15.9 Å². The number of methoxy groups -OCH3 is 1. The SMILES string of the molecule is COC(=O)[C@@H]1COP(=S)(OCCBr)N1. The molecule has 2 atom stereocenters. The Morgan fingerprint density at radius 1 is 1.86 bits per heavy atom. The molecule has 0 spiro atoms. The molecule has 1 N–H and O–H groups in total. The third-order valence-electron chi connectivity index (χ3n) is 1.55. The largest absolute Gasteiger partial charge is 0.468 e. The van der Waals surface area contributed by atoms with Crippen LogP contribution in [0, 0.1) is 0 Å². The number of ether oxygens (including phenoxy) is 1. The van der Waals surface area contributed by atoms with Gasteiger partial charge in [0.1, 0.15) is 6.04 Å².